The molecule has 0 aromatic carbocycles. The molecule has 5 atom stereocenters. The fourth-order valence-corrected chi connectivity index (χ4v) is 5.09. The zero-order chi connectivity index (χ0) is 38.9. The number of aliphatic hydroxyl groups excluding tert-OH is 1. The van der Waals surface area contributed by atoms with Gasteiger partial charge in [0.25, 0.3) is 0 Å². The molecule has 0 aliphatic rings. The lowest BCUT2D eigenvalue weighted by Crippen LogP contribution is -2.29. The van der Waals surface area contributed by atoms with Gasteiger partial charge in [0.15, 0.2) is 0 Å². The summed E-state index contributed by atoms with van der Waals surface area (Å²) in [7, 11) is 0. The highest BCUT2D eigenvalue weighted by molar-refractivity contribution is 4.58. The van der Waals surface area contributed by atoms with Crippen LogP contribution in [0, 0.1) is 0 Å². The van der Waals surface area contributed by atoms with Crippen LogP contribution >= 0.6 is 0 Å². The molecule has 0 rings (SSSR count). The quantitative estimate of drug-likeness (QED) is 0.0656. The zero-order valence-electron chi connectivity index (χ0n) is 35.0. The summed E-state index contributed by atoms with van der Waals surface area (Å²) in [5, 5.41) is 8.62. The summed E-state index contributed by atoms with van der Waals surface area (Å²) >= 11 is 0. The van der Waals surface area contributed by atoms with Crippen LogP contribution in [0.3, 0.4) is 0 Å². The van der Waals surface area contributed by atoms with Crippen molar-refractivity contribution in [2.45, 2.75) is 149 Å². The van der Waals surface area contributed by atoms with Crippen LogP contribution in [-0.2, 0) is 52.1 Å². The van der Waals surface area contributed by atoms with E-state index in [0.717, 1.165) is 13.0 Å². The molecule has 53 heavy (non-hydrogen) atoms. The molecule has 0 bridgehead atoms. The topological polar surface area (TPSA) is 122 Å². The van der Waals surface area contributed by atoms with Crippen molar-refractivity contribution < 1.29 is 57.2 Å². The molecule has 0 radical (unpaired) electrons. The molecule has 0 amide bonds. The minimum atomic E-state index is -0.0538. The van der Waals surface area contributed by atoms with Gasteiger partial charge < -0.3 is 57.2 Å². The van der Waals surface area contributed by atoms with Gasteiger partial charge in [0.2, 0.25) is 0 Å². The van der Waals surface area contributed by atoms with E-state index in [0.29, 0.717) is 106 Å². The minimum Gasteiger partial charge on any atom is -0.394 e. The van der Waals surface area contributed by atoms with Gasteiger partial charge in [-0.05, 0) is 41.0 Å². The first kappa shape index (κ1) is 52.5. The molecule has 0 heterocycles. The van der Waals surface area contributed by atoms with Crippen LogP contribution < -0.4 is 0 Å². The molecule has 0 aliphatic heterocycles. The van der Waals surface area contributed by atoms with Crippen molar-refractivity contribution in [3.05, 3.63) is 0 Å². The molecule has 0 aromatic heterocycles. The number of hydrogen-bond acceptors (Lipinski definition) is 12. The van der Waals surface area contributed by atoms with E-state index in [4.69, 9.17) is 57.2 Å². The van der Waals surface area contributed by atoms with Gasteiger partial charge in [-0.1, -0.05) is 77.6 Å². The summed E-state index contributed by atoms with van der Waals surface area (Å²) in [5.74, 6) is 0. The molecule has 0 fully saturated rings. The number of rotatable bonds is 45. The second-order valence-electron chi connectivity index (χ2n) is 14.0. The van der Waals surface area contributed by atoms with Crippen LogP contribution in [0.5, 0.6) is 0 Å². The van der Waals surface area contributed by atoms with Gasteiger partial charge in [0.05, 0.1) is 143 Å². The number of unbranched alkanes of at least 4 members (excludes halogenated alkanes) is 11. The third-order valence-corrected chi connectivity index (χ3v) is 8.31. The van der Waals surface area contributed by atoms with Crippen molar-refractivity contribution in [3.63, 3.8) is 0 Å². The SMILES string of the molecule is CCCCCCCCCCCCCCOCC(C)OCC(C)OCC(C)OCC(C)OCC(C)OCCOCCOCCOCCOCCOCCO. The van der Waals surface area contributed by atoms with Crippen molar-refractivity contribution in [1.29, 1.82) is 0 Å². The number of aliphatic hydroxyl groups is 1. The van der Waals surface area contributed by atoms with E-state index >= 15 is 0 Å². The van der Waals surface area contributed by atoms with Gasteiger partial charge in [0, 0.05) is 6.61 Å². The van der Waals surface area contributed by atoms with E-state index in [2.05, 4.69) is 13.8 Å². The van der Waals surface area contributed by atoms with Crippen LogP contribution in [0.2, 0.25) is 0 Å². The van der Waals surface area contributed by atoms with Crippen LogP contribution in [-0.4, -0.2) is 155 Å². The molecule has 0 aliphatic carbocycles. The molecule has 0 aromatic rings. The monoisotopic (exact) mass is 769 g/mol. The molecule has 0 saturated carbocycles. The molecule has 5 unspecified atom stereocenters. The molecule has 0 saturated heterocycles. The molecule has 0 spiro atoms. The Morgan fingerprint density at radius 3 is 0.981 bits per heavy atom. The third kappa shape index (κ3) is 42.5. The highest BCUT2D eigenvalue weighted by atomic mass is 16.6. The third-order valence-electron chi connectivity index (χ3n) is 8.31. The Bertz CT molecular complexity index is 691. The lowest BCUT2D eigenvalue weighted by atomic mass is 10.1. The Morgan fingerprint density at radius 2 is 0.604 bits per heavy atom. The Labute approximate surface area is 324 Å². The van der Waals surface area contributed by atoms with Gasteiger partial charge in [-0.3, -0.25) is 0 Å². The van der Waals surface area contributed by atoms with Crippen LogP contribution in [0.15, 0.2) is 0 Å². The maximum atomic E-state index is 8.62. The van der Waals surface area contributed by atoms with Crippen molar-refractivity contribution >= 4 is 0 Å². The Morgan fingerprint density at radius 1 is 0.302 bits per heavy atom. The summed E-state index contributed by atoms with van der Waals surface area (Å²) in [4.78, 5) is 0. The zero-order valence-corrected chi connectivity index (χ0v) is 35.0. The first-order valence-electron chi connectivity index (χ1n) is 21.0. The summed E-state index contributed by atoms with van der Waals surface area (Å²) < 4.78 is 62.3. The van der Waals surface area contributed by atoms with E-state index in [1.807, 2.05) is 27.7 Å². The van der Waals surface area contributed by atoms with E-state index in [9.17, 15) is 0 Å². The van der Waals surface area contributed by atoms with Gasteiger partial charge in [-0.2, -0.15) is 0 Å². The average Bonchev–Trinajstić information content (AvgIpc) is 3.15. The fraction of sp³-hybridized carbons (Fsp3) is 1.00. The van der Waals surface area contributed by atoms with Crippen molar-refractivity contribution in [2.75, 3.05) is 119 Å². The molecular weight excluding hydrogens is 684 g/mol. The average molecular weight is 769 g/mol. The van der Waals surface area contributed by atoms with Crippen LogP contribution in [0.25, 0.3) is 0 Å². The summed E-state index contributed by atoms with van der Waals surface area (Å²) in [6, 6.07) is 0. The first-order valence-corrected chi connectivity index (χ1v) is 21.0. The predicted octanol–water partition coefficient (Wildman–Crippen LogP) is 6.80. The highest BCUT2D eigenvalue weighted by Crippen LogP contribution is 2.12. The molecule has 320 valence electrons. The summed E-state index contributed by atoms with van der Waals surface area (Å²) in [6.45, 7) is 21.1. The van der Waals surface area contributed by atoms with Crippen molar-refractivity contribution in [2.24, 2.45) is 0 Å². The number of hydrogen-bond donors (Lipinski definition) is 1. The smallest absolute Gasteiger partial charge is 0.0781 e. The van der Waals surface area contributed by atoms with Crippen LogP contribution in [0.4, 0.5) is 0 Å². The highest BCUT2D eigenvalue weighted by Gasteiger charge is 2.13. The van der Waals surface area contributed by atoms with E-state index in [-0.39, 0.29) is 37.1 Å². The van der Waals surface area contributed by atoms with Gasteiger partial charge in [0.1, 0.15) is 0 Å². The maximum Gasteiger partial charge on any atom is 0.0781 e. The Kier molecular flexibility index (Phi) is 42.3. The maximum absolute atomic E-state index is 8.62. The van der Waals surface area contributed by atoms with E-state index in [1.54, 1.807) is 0 Å². The summed E-state index contributed by atoms with van der Waals surface area (Å²) in [6.07, 6.45) is 16.1. The van der Waals surface area contributed by atoms with E-state index in [1.165, 1.54) is 70.6 Å². The molecule has 12 heteroatoms. The standard InChI is InChI=1S/C41H84O12/c1-7-8-9-10-11-12-13-14-15-16-17-18-20-48-32-37(2)50-34-39(4)52-36-41(6)53-35-40(5)51-33-38(3)49-31-30-47-29-28-46-27-26-45-25-24-44-23-22-43-21-19-42/h37-42H,7-36H2,1-6H3. The first-order chi connectivity index (χ1) is 25.9. The van der Waals surface area contributed by atoms with Gasteiger partial charge in [-0.15, -0.1) is 0 Å². The Balaban J connectivity index is 3.52. The van der Waals surface area contributed by atoms with Crippen LogP contribution in [0.1, 0.15) is 119 Å². The van der Waals surface area contributed by atoms with Gasteiger partial charge in [-0.25, -0.2) is 0 Å². The fourth-order valence-electron chi connectivity index (χ4n) is 5.09. The second kappa shape index (κ2) is 42.7. The largest absolute Gasteiger partial charge is 0.394 e. The van der Waals surface area contributed by atoms with Crippen molar-refractivity contribution in [1.82, 2.24) is 0 Å². The molecule has 12 nitrogen and oxygen atoms in total. The molecular formula is C41H84O12. The van der Waals surface area contributed by atoms with Gasteiger partial charge >= 0.3 is 0 Å². The lowest BCUT2D eigenvalue weighted by Gasteiger charge is -2.22. The Hall–Kier alpha value is -0.480. The second-order valence-corrected chi connectivity index (χ2v) is 14.0. The minimum absolute atomic E-state index is 0.0189. The van der Waals surface area contributed by atoms with E-state index < -0.39 is 0 Å². The normalized spacial score (nSPS) is 14.8. The summed E-state index contributed by atoms with van der Waals surface area (Å²) in [5.41, 5.74) is 0. The predicted molar refractivity (Wildman–Crippen MR) is 210 cm³/mol. The molecule has 1 N–H and O–H groups in total. The number of ether oxygens (including phenoxy) is 11. The lowest BCUT2D eigenvalue weighted by molar-refractivity contribution is -0.101. The van der Waals surface area contributed by atoms with Crippen molar-refractivity contribution in [3.8, 4) is 0 Å².